The smallest absolute Gasteiger partial charge is 0.273 e. The highest BCUT2D eigenvalue weighted by molar-refractivity contribution is 7.89. The topological polar surface area (TPSA) is 124 Å². The number of rotatable bonds is 5. The Morgan fingerprint density at radius 2 is 1.67 bits per heavy atom. The van der Waals surface area contributed by atoms with Crippen molar-refractivity contribution >= 4 is 21.8 Å². The Balaban J connectivity index is 1.28. The van der Waals surface area contributed by atoms with Gasteiger partial charge in [0.15, 0.2) is 0 Å². The van der Waals surface area contributed by atoms with E-state index in [4.69, 9.17) is 0 Å². The summed E-state index contributed by atoms with van der Waals surface area (Å²) >= 11 is 0. The number of carbonyl (C=O) groups is 2. The van der Waals surface area contributed by atoms with Gasteiger partial charge in [-0.25, -0.2) is 8.42 Å². The van der Waals surface area contributed by atoms with Gasteiger partial charge in [0.2, 0.25) is 15.9 Å². The second-order valence-electron chi connectivity index (χ2n) is 7.97. The summed E-state index contributed by atoms with van der Waals surface area (Å²) < 4.78 is 27.0. The van der Waals surface area contributed by atoms with Crippen LogP contribution in [0.15, 0.2) is 65.6 Å². The summed E-state index contributed by atoms with van der Waals surface area (Å²) in [5.74, 6) is -1.26. The molecule has 1 aliphatic heterocycles. The fourth-order valence-electron chi connectivity index (χ4n) is 3.70. The van der Waals surface area contributed by atoms with Gasteiger partial charge in [0, 0.05) is 24.6 Å². The van der Waals surface area contributed by atoms with Gasteiger partial charge in [-0.3, -0.25) is 25.5 Å². The van der Waals surface area contributed by atoms with E-state index in [-0.39, 0.29) is 29.6 Å². The van der Waals surface area contributed by atoms with Crippen molar-refractivity contribution in [3.05, 3.63) is 71.9 Å². The molecule has 4 rings (SSSR count). The molecule has 0 saturated carbocycles. The van der Waals surface area contributed by atoms with E-state index in [2.05, 4.69) is 21.0 Å². The fraction of sp³-hybridized carbons (Fsp3) is 0.261. The quantitative estimate of drug-likeness (QED) is 0.497. The first-order chi connectivity index (χ1) is 15.8. The lowest BCUT2D eigenvalue weighted by Crippen LogP contribution is -2.48. The zero-order valence-electron chi connectivity index (χ0n) is 18.1. The predicted molar refractivity (Wildman–Crippen MR) is 122 cm³/mol. The van der Waals surface area contributed by atoms with Gasteiger partial charge in [-0.1, -0.05) is 48.0 Å². The van der Waals surface area contributed by atoms with Crippen LogP contribution < -0.4 is 10.9 Å². The van der Waals surface area contributed by atoms with Gasteiger partial charge in [-0.05, 0) is 38.0 Å². The van der Waals surface area contributed by atoms with Crippen LogP contribution in [0, 0.1) is 12.8 Å². The van der Waals surface area contributed by atoms with Crippen molar-refractivity contribution in [3.8, 4) is 11.3 Å². The molecule has 0 radical (unpaired) electrons. The van der Waals surface area contributed by atoms with E-state index >= 15 is 0 Å². The fourth-order valence-corrected chi connectivity index (χ4v) is 5.17. The molecular weight excluding hydrogens is 442 g/mol. The zero-order chi connectivity index (χ0) is 23.4. The Kier molecular flexibility index (Phi) is 6.57. The summed E-state index contributed by atoms with van der Waals surface area (Å²) in [6, 6.07) is 17.7. The number of carbonyl (C=O) groups excluding carboxylic acids is 2. The molecule has 0 atom stereocenters. The lowest BCUT2D eigenvalue weighted by molar-refractivity contribution is -0.126. The predicted octanol–water partition coefficient (Wildman–Crippen LogP) is 2.25. The van der Waals surface area contributed by atoms with Gasteiger partial charge in [0.1, 0.15) is 5.69 Å². The van der Waals surface area contributed by atoms with Crippen molar-refractivity contribution < 1.29 is 18.0 Å². The number of aromatic amines is 1. The Morgan fingerprint density at radius 1 is 1.00 bits per heavy atom. The maximum absolute atomic E-state index is 12.8. The SMILES string of the molecule is Cc1ccc(S(=O)(=O)N2CCC(C(=O)NNC(=O)c3cc(-c4ccccc4)n[nH]3)CC2)cc1. The Hall–Kier alpha value is -3.50. The molecular formula is C23H25N5O4S. The van der Waals surface area contributed by atoms with Gasteiger partial charge >= 0.3 is 0 Å². The minimum Gasteiger partial charge on any atom is -0.273 e. The number of H-pyrrole nitrogens is 1. The summed E-state index contributed by atoms with van der Waals surface area (Å²) in [7, 11) is -3.59. The van der Waals surface area contributed by atoms with Gasteiger partial charge in [0.05, 0.1) is 10.6 Å². The van der Waals surface area contributed by atoms with Crippen molar-refractivity contribution in [2.45, 2.75) is 24.7 Å². The van der Waals surface area contributed by atoms with E-state index in [1.54, 1.807) is 30.3 Å². The number of benzene rings is 2. The lowest BCUT2D eigenvalue weighted by Gasteiger charge is -2.30. The van der Waals surface area contributed by atoms with E-state index < -0.39 is 21.8 Å². The number of amides is 2. The molecule has 2 amide bonds. The van der Waals surface area contributed by atoms with E-state index in [1.807, 2.05) is 37.3 Å². The molecule has 2 aromatic carbocycles. The molecule has 10 heteroatoms. The average Bonchev–Trinajstić information content (AvgIpc) is 3.34. The first-order valence-electron chi connectivity index (χ1n) is 10.6. The summed E-state index contributed by atoms with van der Waals surface area (Å²) in [5.41, 5.74) is 7.51. The molecule has 1 aliphatic rings. The summed E-state index contributed by atoms with van der Waals surface area (Å²) in [4.78, 5) is 25.1. The number of nitrogens with zero attached hydrogens (tertiary/aromatic N) is 2. The van der Waals surface area contributed by atoms with Crippen molar-refractivity contribution in [2.75, 3.05) is 13.1 Å². The van der Waals surface area contributed by atoms with Crippen molar-refractivity contribution in [3.63, 3.8) is 0 Å². The third-order valence-electron chi connectivity index (χ3n) is 5.67. The number of hydrazine groups is 1. The molecule has 1 saturated heterocycles. The Bertz CT molecular complexity index is 1230. The second kappa shape index (κ2) is 9.55. The molecule has 2 heterocycles. The van der Waals surface area contributed by atoms with Gasteiger partial charge in [0.25, 0.3) is 5.91 Å². The minimum absolute atomic E-state index is 0.216. The molecule has 3 aromatic rings. The highest BCUT2D eigenvalue weighted by atomic mass is 32.2. The number of aromatic nitrogens is 2. The van der Waals surface area contributed by atoms with E-state index in [1.165, 1.54) is 4.31 Å². The van der Waals surface area contributed by atoms with Crippen LogP contribution in [0.2, 0.25) is 0 Å². The van der Waals surface area contributed by atoms with Gasteiger partial charge < -0.3 is 0 Å². The number of piperidine rings is 1. The van der Waals surface area contributed by atoms with Crippen LogP contribution in [0.4, 0.5) is 0 Å². The van der Waals surface area contributed by atoms with Crippen LogP contribution in [0.3, 0.4) is 0 Å². The van der Waals surface area contributed by atoms with Crippen LogP contribution in [-0.4, -0.2) is 47.8 Å². The highest BCUT2D eigenvalue weighted by Crippen LogP contribution is 2.24. The van der Waals surface area contributed by atoms with Crippen LogP contribution in [0.1, 0.15) is 28.9 Å². The van der Waals surface area contributed by atoms with Crippen LogP contribution in [-0.2, 0) is 14.8 Å². The summed E-state index contributed by atoms with van der Waals surface area (Å²) in [6.07, 6.45) is 0.740. The normalized spacial score (nSPS) is 15.2. The zero-order valence-corrected chi connectivity index (χ0v) is 18.9. The third-order valence-corrected chi connectivity index (χ3v) is 7.59. The van der Waals surface area contributed by atoms with Crippen molar-refractivity contribution in [2.24, 2.45) is 5.92 Å². The van der Waals surface area contributed by atoms with E-state index in [0.717, 1.165) is 11.1 Å². The molecule has 9 nitrogen and oxygen atoms in total. The monoisotopic (exact) mass is 467 g/mol. The van der Waals surface area contributed by atoms with Crippen molar-refractivity contribution in [1.29, 1.82) is 0 Å². The molecule has 0 bridgehead atoms. The van der Waals surface area contributed by atoms with Gasteiger partial charge in [-0.15, -0.1) is 0 Å². The molecule has 172 valence electrons. The number of sulfonamides is 1. The number of nitrogens with one attached hydrogen (secondary N) is 3. The van der Waals surface area contributed by atoms with Crippen molar-refractivity contribution in [1.82, 2.24) is 25.4 Å². The van der Waals surface area contributed by atoms with E-state index in [0.29, 0.717) is 18.5 Å². The Morgan fingerprint density at radius 3 is 2.33 bits per heavy atom. The van der Waals surface area contributed by atoms with Crippen LogP contribution in [0.5, 0.6) is 0 Å². The first kappa shape index (κ1) is 22.7. The standard InChI is InChI=1S/C23H25N5O4S/c1-16-7-9-19(10-8-16)33(31,32)28-13-11-18(12-14-28)22(29)26-27-23(30)21-15-20(24-25-21)17-5-3-2-4-6-17/h2-10,15,18H,11-14H2,1H3,(H,24,25)(H,26,29)(H,27,30). The molecule has 0 spiro atoms. The van der Waals surface area contributed by atoms with E-state index in [9.17, 15) is 18.0 Å². The largest absolute Gasteiger partial charge is 0.287 e. The average molecular weight is 468 g/mol. The molecule has 0 unspecified atom stereocenters. The number of aryl methyl sites for hydroxylation is 1. The lowest BCUT2D eigenvalue weighted by atomic mass is 9.98. The maximum Gasteiger partial charge on any atom is 0.287 e. The second-order valence-corrected chi connectivity index (χ2v) is 9.91. The summed E-state index contributed by atoms with van der Waals surface area (Å²) in [5, 5.41) is 6.79. The molecule has 1 aromatic heterocycles. The molecule has 3 N–H and O–H groups in total. The minimum atomic E-state index is -3.59. The number of hydrogen-bond donors (Lipinski definition) is 3. The number of hydrogen-bond acceptors (Lipinski definition) is 5. The van der Waals surface area contributed by atoms with Crippen LogP contribution >= 0.6 is 0 Å². The first-order valence-corrected chi connectivity index (χ1v) is 12.1. The molecule has 0 aliphatic carbocycles. The maximum atomic E-state index is 12.8. The Labute approximate surface area is 192 Å². The summed E-state index contributed by atoms with van der Waals surface area (Å²) in [6.45, 7) is 2.38. The van der Waals surface area contributed by atoms with Crippen LogP contribution in [0.25, 0.3) is 11.3 Å². The van der Waals surface area contributed by atoms with Gasteiger partial charge in [-0.2, -0.15) is 9.40 Å². The molecule has 33 heavy (non-hydrogen) atoms. The third kappa shape index (κ3) is 5.12. The highest BCUT2D eigenvalue weighted by Gasteiger charge is 2.32. The molecule has 1 fully saturated rings.